The Morgan fingerprint density at radius 3 is 2.42 bits per heavy atom. The number of aliphatic hydroxyl groups is 1. The lowest BCUT2D eigenvalue weighted by Gasteiger charge is -2.13. The molecule has 0 radical (unpaired) electrons. The van der Waals surface area contributed by atoms with Gasteiger partial charge in [-0.05, 0) is 17.2 Å². The number of benzene rings is 2. The minimum atomic E-state index is 0.0361. The van der Waals surface area contributed by atoms with Crippen molar-refractivity contribution in [1.82, 2.24) is 9.55 Å². The van der Waals surface area contributed by atoms with Crippen molar-refractivity contribution in [1.29, 1.82) is 0 Å². The molecule has 0 aliphatic rings. The Labute approximate surface area is 111 Å². The summed E-state index contributed by atoms with van der Waals surface area (Å²) in [6.07, 6.45) is 5.45. The third kappa shape index (κ3) is 2.16. The monoisotopic (exact) mass is 250 g/mol. The van der Waals surface area contributed by atoms with Gasteiger partial charge in [0, 0.05) is 18.0 Å². The lowest BCUT2D eigenvalue weighted by molar-refractivity contribution is 0.282. The van der Waals surface area contributed by atoms with Gasteiger partial charge in [-0.3, -0.25) is 0 Å². The van der Waals surface area contributed by atoms with Crippen molar-refractivity contribution in [3.05, 3.63) is 72.8 Å². The summed E-state index contributed by atoms with van der Waals surface area (Å²) in [5.41, 5.74) is 4.12. The number of imidazole rings is 1. The first kappa shape index (κ1) is 11.7. The highest BCUT2D eigenvalue weighted by Crippen LogP contribution is 2.29. The van der Waals surface area contributed by atoms with E-state index in [1.54, 1.807) is 12.5 Å². The summed E-state index contributed by atoms with van der Waals surface area (Å²) < 4.78 is 1.98. The summed E-state index contributed by atoms with van der Waals surface area (Å²) in [4.78, 5) is 4.09. The van der Waals surface area contributed by atoms with Crippen molar-refractivity contribution >= 4 is 0 Å². The fourth-order valence-corrected chi connectivity index (χ4v) is 2.25. The molecule has 0 aliphatic carbocycles. The van der Waals surface area contributed by atoms with Crippen LogP contribution in [0.4, 0.5) is 0 Å². The molecule has 1 heterocycles. The molecule has 0 aliphatic heterocycles. The standard InChI is InChI=1S/C16H14N2O/c19-11-13-5-1-2-6-14(13)15-7-3-4-8-16(15)18-10-9-17-12-18/h1-10,12,19H,11H2. The van der Waals surface area contributed by atoms with Crippen molar-refractivity contribution in [3.8, 4) is 16.8 Å². The lowest BCUT2D eigenvalue weighted by Crippen LogP contribution is -1.96. The van der Waals surface area contributed by atoms with E-state index in [-0.39, 0.29) is 6.61 Å². The zero-order valence-corrected chi connectivity index (χ0v) is 10.4. The number of aromatic nitrogens is 2. The molecule has 0 amide bonds. The SMILES string of the molecule is OCc1ccccc1-c1ccccc1-n1ccnc1. The second-order valence-corrected chi connectivity index (χ2v) is 4.30. The van der Waals surface area contributed by atoms with Gasteiger partial charge in [-0.1, -0.05) is 42.5 Å². The van der Waals surface area contributed by atoms with E-state index in [1.807, 2.05) is 53.2 Å². The maximum Gasteiger partial charge on any atom is 0.0991 e. The Kier molecular flexibility index (Phi) is 3.12. The predicted octanol–water partition coefficient (Wildman–Crippen LogP) is 3.03. The topological polar surface area (TPSA) is 38.0 Å². The molecule has 1 aromatic heterocycles. The van der Waals surface area contributed by atoms with Gasteiger partial charge in [0.15, 0.2) is 0 Å². The molecule has 0 bridgehead atoms. The van der Waals surface area contributed by atoms with E-state index in [2.05, 4.69) is 11.1 Å². The van der Waals surface area contributed by atoms with E-state index >= 15 is 0 Å². The largest absolute Gasteiger partial charge is 0.392 e. The molecule has 0 unspecified atom stereocenters. The number of rotatable bonds is 3. The first-order valence-corrected chi connectivity index (χ1v) is 6.16. The molecule has 94 valence electrons. The fraction of sp³-hybridized carbons (Fsp3) is 0.0625. The van der Waals surface area contributed by atoms with Crippen molar-refractivity contribution in [2.24, 2.45) is 0 Å². The molecule has 3 aromatic rings. The van der Waals surface area contributed by atoms with Crippen LogP contribution in [0.2, 0.25) is 0 Å². The van der Waals surface area contributed by atoms with E-state index in [0.29, 0.717) is 0 Å². The van der Waals surface area contributed by atoms with Crippen molar-refractivity contribution in [2.45, 2.75) is 6.61 Å². The van der Waals surface area contributed by atoms with Crippen molar-refractivity contribution < 1.29 is 5.11 Å². The molecule has 0 saturated carbocycles. The number of hydrogen-bond acceptors (Lipinski definition) is 2. The van der Waals surface area contributed by atoms with Crippen LogP contribution < -0.4 is 0 Å². The molecule has 1 N–H and O–H groups in total. The van der Waals surface area contributed by atoms with Gasteiger partial charge < -0.3 is 9.67 Å². The van der Waals surface area contributed by atoms with E-state index < -0.39 is 0 Å². The molecule has 3 rings (SSSR count). The fourth-order valence-electron chi connectivity index (χ4n) is 2.25. The van der Waals surface area contributed by atoms with E-state index in [1.165, 1.54) is 0 Å². The minimum Gasteiger partial charge on any atom is -0.392 e. The average molecular weight is 250 g/mol. The normalized spacial score (nSPS) is 10.6. The smallest absolute Gasteiger partial charge is 0.0991 e. The molecule has 0 spiro atoms. The Hall–Kier alpha value is -2.39. The number of aliphatic hydroxyl groups excluding tert-OH is 1. The maximum absolute atomic E-state index is 9.48. The Morgan fingerprint density at radius 2 is 1.68 bits per heavy atom. The number of para-hydroxylation sites is 1. The molecule has 3 heteroatoms. The predicted molar refractivity (Wildman–Crippen MR) is 74.9 cm³/mol. The number of nitrogens with zero attached hydrogens (tertiary/aromatic N) is 2. The van der Waals surface area contributed by atoms with Gasteiger partial charge in [0.1, 0.15) is 0 Å². The summed E-state index contributed by atoms with van der Waals surface area (Å²) in [6.45, 7) is 0.0361. The van der Waals surface area contributed by atoms with Crippen LogP contribution in [0.15, 0.2) is 67.3 Å². The lowest BCUT2D eigenvalue weighted by atomic mass is 9.98. The third-order valence-electron chi connectivity index (χ3n) is 3.16. The van der Waals surface area contributed by atoms with Gasteiger partial charge in [-0.2, -0.15) is 0 Å². The van der Waals surface area contributed by atoms with Gasteiger partial charge in [-0.15, -0.1) is 0 Å². The van der Waals surface area contributed by atoms with E-state index in [4.69, 9.17) is 0 Å². The molecule has 3 nitrogen and oxygen atoms in total. The van der Waals surface area contributed by atoms with Gasteiger partial charge in [0.25, 0.3) is 0 Å². The highest BCUT2D eigenvalue weighted by molar-refractivity contribution is 5.75. The van der Waals surface area contributed by atoms with Gasteiger partial charge >= 0.3 is 0 Å². The molecular formula is C16H14N2O. The summed E-state index contributed by atoms with van der Waals surface area (Å²) in [7, 11) is 0. The van der Waals surface area contributed by atoms with Gasteiger partial charge in [0.05, 0.1) is 18.6 Å². The highest BCUT2D eigenvalue weighted by atomic mass is 16.3. The molecule has 0 fully saturated rings. The van der Waals surface area contributed by atoms with Crippen molar-refractivity contribution in [2.75, 3.05) is 0 Å². The zero-order chi connectivity index (χ0) is 13.1. The van der Waals surface area contributed by atoms with Crippen LogP contribution in [-0.2, 0) is 6.61 Å². The molecule has 0 saturated heterocycles. The van der Waals surface area contributed by atoms with E-state index in [9.17, 15) is 5.11 Å². The number of hydrogen-bond donors (Lipinski definition) is 1. The van der Waals surface area contributed by atoms with Crippen LogP contribution in [-0.4, -0.2) is 14.7 Å². The third-order valence-corrected chi connectivity index (χ3v) is 3.16. The summed E-state index contributed by atoms with van der Waals surface area (Å²) in [5, 5.41) is 9.48. The summed E-state index contributed by atoms with van der Waals surface area (Å²) in [6, 6.07) is 16.0. The second kappa shape index (κ2) is 5.08. The van der Waals surface area contributed by atoms with Crippen LogP contribution in [0.1, 0.15) is 5.56 Å². The maximum atomic E-state index is 9.48. The molecule has 19 heavy (non-hydrogen) atoms. The van der Waals surface area contributed by atoms with E-state index in [0.717, 1.165) is 22.4 Å². The van der Waals surface area contributed by atoms with Crippen LogP contribution >= 0.6 is 0 Å². The zero-order valence-electron chi connectivity index (χ0n) is 10.4. The Morgan fingerprint density at radius 1 is 0.947 bits per heavy atom. The van der Waals surface area contributed by atoms with Gasteiger partial charge in [0.2, 0.25) is 0 Å². The summed E-state index contributed by atoms with van der Waals surface area (Å²) in [5.74, 6) is 0. The van der Waals surface area contributed by atoms with Crippen LogP contribution in [0.3, 0.4) is 0 Å². The highest BCUT2D eigenvalue weighted by Gasteiger charge is 2.09. The Bertz CT molecular complexity index is 675. The van der Waals surface area contributed by atoms with Crippen molar-refractivity contribution in [3.63, 3.8) is 0 Å². The molecule has 2 aromatic carbocycles. The average Bonchev–Trinajstić information content (AvgIpc) is 3.01. The minimum absolute atomic E-state index is 0.0361. The van der Waals surface area contributed by atoms with Crippen LogP contribution in [0.25, 0.3) is 16.8 Å². The second-order valence-electron chi connectivity index (χ2n) is 4.30. The molecular weight excluding hydrogens is 236 g/mol. The van der Waals surface area contributed by atoms with Gasteiger partial charge in [-0.25, -0.2) is 4.98 Å². The first-order chi connectivity index (χ1) is 9.40. The quantitative estimate of drug-likeness (QED) is 0.776. The van der Waals surface area contributed by atoms with Crippen LogP contribution in [0, 0.1) is 0 Å². The van der Waals surface area contributed by atoms with Crippen LogP contribution in [0.5, 0.6) is 0 Å². The molecule has 0 atom stereocenters. The summed E-state index contributed by atoms with van der Waals surface area (Å²) >= 11 is 0. The Balaban J connectivity index is 2.21. The first-order valence-electron chi connectivity index (χ1n) is 6.16.